The number of aliphatic hydroxyl groups is 1. The zero-order valence-electron chi connectivity index (χ0n) is 11.7. The third kappa shape index (κ3) is 3.20. The van der Waals surface area contributed by atoms with Gasteiger partial charge in [-0.3, -0.25) is 0 Å². The number of aliphatic hydroxyl groups excluding tert-OH is 1. The van der Waals surface area contributed by atoms with Gasteiger partial charge in [0.1, 0.15) is 10.7 Å². The van der Waals surface area contributed by atoms with E-state index in [0.29, 0.717) is 11.5 Å². The number of nitrogens with zero attached hydrogens (tertiary/aromatic N) is 1. The molecule has 1 aliphatic rings. The van der Waals surface area contributed by atoms with Crippen molar-refractivity contribution >= 4 is 22.9 Å². The summed E-state index contributed by atoms with van der Waals surface area (Å²) in [4.78, 5) is 2.48. The molecule has 0 amide bonds. The lowest BCUT2D eigenvalue weighted by Gasteiger charge is -2.38. The van der Waals surface area contributed by atoms with Gasteiger partial charge in [-0.1, -0.05) is 12.2 Å². The molecule has 1 heterocycles. The molecule has 0 bridgehead atoms. The maximum absolute atomic E-state index is 9.33. The number of anilines is 1. The maximum Gasteiger partial charge on any atom is 0.120 e. The lowest BCUT2D eigenvalue weighted by atomic mass is 10.1. The average Bonchev–Trinajstić information content (AvgIpc) is 2.45. The SMILES string of the molecule is COc1ccc(C(N)=S)c(N2CC(C)OC(CO)C2)c1. The van der Waals surface area contributed by atoms with E-state index in [-0.39, 0.29) is 18.8 Å². The van der Waals surface area contributed by atoms with Crippen LogP contribution in [0.2, 0.25) is 0 Å². The van der Waals surface area contributed by atoms with Crippen molar-refractivity contribution in [2.24, 2.45) is 5.73 Å². The number of hydrogen-bond donors (Lipinski definition) is 2. The predicted molar refractivity (Wildman–Crippen MR) is 82.5 cm³/mol. The molecule has 0 radical (unpaired) electrons. The second-order valence-corrected chi connectivity index (χ2v) is 5.34. The summed E-state index contributed by atoms with van der Waals surface area (Å²) < 4.78 is 10.9. The first-order valence-corrected chi connectivity index (χ1v) is 6.95. The summed E-state index contributed by atoms with van der Waals surface area (Å²) in [6.07, 6.45) is -0.171. The standard InChI is InChI=1S/C14H20N2O3S/c1-9-6-16(7-11(8-17)19-9)13-5-10(18-2)3-4-12(13)14(15)20/h3-5,9,11,17H,6-8H2,1-2H3,(H2,15,20). The molecule has 2 rings (SSSR count). The van der Waals surface area contributed by atoms with Gasteiger partial charge in [0.05, 0.1) is 31.6 Å². The van der Waals surface area contributed by atoms with Gasteiger partial charge < -0.3 is 25.2 Å². The number of rotatable bonds is 4. The third-order valence-electron chi connectivity index (χ3n) is 3.34. The minimum atomic E-state index is -0.204. The highest BCUT2D eigenvalue weighted by Crippen LogP contribution is 2.28. The van der Waals surface area contributed by atoms with Gasteiger partial charge in [0.25, 0.3) is 0 Å². The Hall–Kier alpha value is -1.37. The molecule has 6 heteroatoms. The number of thiocarbonyl (C=S) groups is 1. The Morgan fingerprint density at radius 2 is 2.30 bits per heavy atom. The van der Waals surface area contributed by atoms with Crippen LogP contribution in [0.25, 0.3) is 0 Å². The molecule has 2 atom stereocenters. The predicted octanol–water partition coefficient (Wildman–Crippen LogP) is 0.915. The molecule has 0 spiro atoms. The Kier molecular flexibility index (Phi) is 4.80. The molecule has 2 unspecified atom stereocenters. The number of benzene rings is 1. The normalized spacial score (nSPS) is 22.6. The van der Waals surface area contributed by atoms with Crippen molar-refractivity contribution in [1.82, 2.24) is 0 Å². The van der Waals surface area contributed by atoms with Crippen molar-refractivity contribution < 1.29 is 14.6 Å². The number of morpholine rings is 1. The van der Waals surface area contributed by atoms with Crippen molar-refractivity contribution in [3.8, 4) is 5.75 Å². The first-order chi connectivity index (χ1) is 9.55. The largest absolute Gasteiger partial charge is 0.497 e. The molecule has 1 aromatic carbocycles. The molecular formula is C14H20N2O3S. The van der Waals surface area contributed by atoms with Crippen molar-refractivity contribution in [3.05, 3.63) is 23.8 Å². The Morgan fingerprint density at radius 1 is 1.55 bits per heavy atom. The summed E-state index contributed by atoms with van der Waals surface area (Å²) in [7, 11) is 1.62. The summed E-state index contributed by atoms with van der Waals surface area (Å²) >= 11 is 5.12. The molecule has 3 N–H and O–H groups in total. The fraction of sp³-hybridized carbons (Fsp3) is 0.500. The molecule has 1 saturated heterocycles. The molecule has 0 aromatic heterocycles. The summed E-state index contributed by atoms with van der Waals surface area (Å²) in [5.41, 5.74) is 7.53. The smallest absolute Gasteiger partial charge is 0.120 e. The van der Waals surface area contributed by atoms with E-state index in [1.165, 1.54) is 0 Å². The topological polar surface area (TPSA) is 68.0 Å². The van der Waals surface area contributed by atoms with Crippen LogP contribution in [0.3, 0.4) is 0 Å². The van der Waals surface area contributed by atoms with Gasteiger partial charge in [0.15, 0.2) is 0 Å². The van der Waals surface area contributed by atoms with Gasteiger partial charge in [0, 0.05) is 24.7 Å². The monoisotopic (exact) mass is 296 g/mol. The van der Waals surface area contributed by atoms with E-state index in [1.807, 2.05) is 25.1 Å². The first kappa shape index (κ1) is 15.0. The molecular weight excluding hydrogens is 276 g/mol. The van der Waals surface area contributed by atoms with Crippen molar-refractivity contribution in [1.29, 1.82) is 0 Å². The molecule has 1 aromatic rings. The minimum absolute atomic E-state index is 0.00673. The molecule has 5 nitrogen and oxygen atoms in total. The number of methoxy groups -OCH3 is 1. The average molecular weight is 296 g/mol. The highest BCUT2D eigenvalue weighted by atomic mass is 32.1. The highest BCUT2D eigenvalue weighted by Gasteiger charge is 2.26. The lowest BCUT2D eigenvalue weighted by Crippen LogP contribution is -2.48. The van der Waals surface area contributed by atoms with Gasteiger partial charge in [-0.2, -0.15) is 0 Å². The Balaban J connectivity index is 2.36. The van der Waals surface area contributed by atoms with E-state index in [9.17, 15) is 5.11 Å². The number of ether oxygens (including phenoxy) is 2. The summed E-state index contributed by atoms with van der Waals surface area (Å²) in [6.45, 7) is 3.30. The fourth-order valence-corrected chi connectivity index (χ4v) is 2.62. The van der Waals surface area contributed by atoms with E-state index >= 15 is 0 Å². The molecule has 1 fully saturated rings. The lowest BCUT2D eigenvalue weighted by molar-refractivity contribution is -0.0421. The highest BCUT2D eigenvalue weighted by molar-refractivity contribution is 7.80. The fourth-order valence-electron chi connectivity index (χ4n) is 2.45. The van der Waals surface area contributed by atoms with E-state index < -0.39 is 0 Å². The van der Waals surface area contributed by atoms with Crippen LogP contribution in [0.15, 0.2) is 18.2 Å². The molecule has 1 aliphatic heterocycles. The first-order valence-electron chi connectivity index (χ1n) is 6.54. The van der Waals surface area contributed by atoms with E-state index in [4.69, 9.17) is 27.4 Å². The zero-order chi connectivity index (χ0) is 14.7. The van der Waals surface area contributed by atoms with Crippen LogP contribution < -0.4 is 15.4 Å². The number of hydrogen-bond acceptors (Lipinski definition) is 5. The summed E-state index contributed by atoms with van der Waals surface area (Å²) in [5.74, 6) is 0.750. The van der Waals surface area contributed by atoms with E-state index in [1.54, 1.807) is 7.11 Å². The van der Waals surface area contributed by atoms with Gasteiger partial charge in [-0.15, -0.1) is 0 Å². The van der Waals surface area contributed by atoms with Crippen LogP contribution in [-0.4, -0.2) is 49.1 Å². The maximum atomic E-state index is 9.33. The number of nitrogens with two attached hydrogens (primary N) is 1. The van der Waals surface area contributed by atoms with E-state index in [2.05, 4.69) is 4.90 Å². The van der Waals surface area contributed by atoms with Crippen LogP contribution in [0, 0.1) is 0 Å². The van der Waals surface area contributed by atoms with Crippen LogP contribution in [0.5, 0.6) is 5.75 Å². The Labute approximate surface area is 124 Å². The van der Waals surface area contributed by atoms with Gasteiger partial charge in [-0.25, -0.2) is 0 Å². The van der Waals surface area contributed by atoms with Crippen molar-refractivity contribution in [2.75, 3.05) is 31.7 Å². The molecule has 20 heavy (non-hydrogen) atoms. The Morgan fingerprint density at radius 3 is 2.90 bits per heavy atom. The second kappa shape index (κ2) is 6.39. The summed E-state index contributed by atoms with van der Waals surface area (Å²) in [6, 6.07) is 5.62. The molecule has 0 aliphatic carbocycles. The minimum Gasteiger partial charge on any atom is -0.497 e. The van der Waals surface area contributed by atoms with Crippen LogP contribution >= 0.6 is 12.2 Å². The van der Waals surface area contributed by atoms with Crippen LogP contribution in [0.1, 0.15) is 12.5 Å². The zero-order valence-corrected chi connectivity index (χ0v) is 12.5. The van der Waals surface area contributed by atoms with E-state index in [0.717, 1.165) is 23.5 Å². The third-order valence-corrected chi connectivity index (χ3v) is 3.56. The second-order valence-electron chi connectivity index (χ2n) is 4.90. The Bertz CT molecular complexity index is 495. The summed E-state index contributed by atoms with van der Waals surface area (Å²) in [5, 5.41) is 9.33. The van der Waals surface area contributed by atoms with Crippen LogP contribution in [-0.2, 0) is 4.74 Å². The quantitative estimate of drug-likeness (QED) is 0.805. The van der Waals surface area contributed by atoms with Crippen molar-refractivity contribution in [2.45, 2.75) is 19.1 Å². The molecule has 110 valence electrons. The van der Waals surface area contributed by atoms with Crippen molar-refractivity contribution in [3.63, 3.8) is 0 Å². The molecule has 0 saturated carbocycles. The van der Waals surface area contributed by atoms with Crippen LogP contribution in [0.4, 0.5) is 5.69 Å². The van der Waals surface area contributed by atoms with Gasteiger partial charge in [-0.05, 0) is 19.1 Å². The van der Waals surface area contributed by atoms with Gasteiger partial charge >= 0.3 is 0 Å². The van der Waals surface area contributed by atoms with Gasteiger partial charge in [0.2, 0.25) is 0 Å².